The number of halogens is 2. The normalized spacial score (nSPS) is 19.2. The molecule has 1 fully saturated rings. The van der Waals surface area contributed by atoms with E-state index in [2.05, 4.69) is 27.2 Å². The third-order valence-electron chi connectivity index (χ3n) is 5.70. The number of likely N-dealkylation sites (N-methyl/N-ethyl adjacent to an activating group) is 1. The monoisotopic (exact) mass is 505 g/mol. The quantitative estimate of drug-likeness (QED) is 0.553. The fourth-order valence-electron chi connectivity index (χ4n) is 3.99. The molecule has 0 saturated carbocycles. The summed E-state index contributed by atoms with van der Waals surface area (Å²) in [4.78, 5) is 22.8. The minimum absolute atomic E-state index is 0.163. The van der Waals surface area contributed by atoms with Gasteiger partial charge in [-0.05, 0) is 17.7 Å². The zero-order chi connectivity index (χ0) is 24.4. The van der Waals surface area contributed by atoms with Gasteiger partial charge in [-0.15, -0.1) is 0 Å². The van der Waals surface area contributed by atoms with Gasteiger partial charge in [0.05, 0.1) is 49.6 Å². The first-order valence-electron chi connectivity index (χ1n) is 10.5. The number of nitrogens with one attached hydrogen (secondary N) is 2. The number of carbonyl (C=O) groups excluding carboxylic acids is 1. The molecule has 34 heavy (non-hydrogen) atoms. The van der Waals surface area contributed by atoms with E-state index in [4.69, 9.17) is 37.4 Å². The summed E-state index contributed by atoms with van der Waals surface area (Å²) in [5.74, 6) is 1.88. The number of aromatic nitrogens is 2. The third-order valence-corrected chi connectivity index (χ3v) is 6.45. The second-order valence-corrected chi connectivity index (χ2v) is 8.65. The number of methoxy groups -OCH3 is 2. The minimum Gasteiger partial charge on any atom is -0.495 e. The second-order valence-electron chi connectivity index (χ2n) is 7.89. The number of fused-ring (bicyclic) bond motifs is 1. The van der Waals surface area contributed by atoms with Crippen molar-refractivity contribution in [1.29, 1.82) is 0 Å². The van der Waals surface area contributed by atoms with Crippen LogP contribution in [0.1, 0.15) is 11.1 Å². The molecule has 0 unspecified atom stereocenters. The van der Waals surface area contributed by atoms with Gasteiger partial charge in [0, 0.05) is 37.0 Å². The van der Waals surface area contributed by atoms with E-state index in [-0.39, 0.29) is 18.0 Å². The Morgan fingerprint density at radius 3 is 2.56 bits per heavy atom. The van der Waals surface area contributed by atoms with Crippen molar-refractivity contribution in [2.75, 3.05) is 51.2 Å². The van der Waals surface area contributed by atoms with E-state index in [1.54, 1.807) is 26.5 Å². The second kappa shape index (κ2) is 10.1. The molecule has 1 saturated heterocycles. The summed E-state index contributed by atoms with van der Waals surface area (Å²) in [5.41, 5.74) is 2.33. The Hall–Kier alpha value is -3.01. The zero-order valence-electron chi connectivity index (χ0n) is 19.0. The summed E-state index contributed by atoms with van der Waals surface area (Å²) in [6, 6.07) is 1.29. The van der Waals surface area contributed by atoms with Crippen molar-refractivity contribution in [3.8, 4) is 11.5 Å². The van der Waals surface area contributed by atoms with Gasteiger partial charge in [0.15, 0.2) is 0 Å². The first-order chi connectivity index (χ1) is 16.4. The van der Waals surface area contributed by atoms with E-state index in [1.165, 1.54) is 6.08 Å². The Kier molecular flexibility index (Phi) is 7.16. The molecule has 11 heteroatoms. The van der Waals surface area contributed by atoms with Crippen LogP contribution in [-0.4, -0.2) is 69.0 Å². The third kappa shape index (κ3) is 4.64. The first-order valence-corrected chi connectivity index (χ1v) is 11.3. The zero-order valence-corrected chi connectivity index (χ0v) is 20.5. The SMILES string of the molecule is C=CC(=O)N[C@@H]1COC[C@@H]1Nc1ncc2c(n1)N(C)CC(c1c(Cl)c(OC)cc(OC)c1Cl)=C2. The van der Waals surface area contributed by atoms with Crippen molar-refractivity contribution in [3.63, 3.8) is 0 Å². The maximum atomic E-state index is 11.7. The van der Waals surface area contributed by atoms with Gasteiger partial charge >= 0.3 is 0 Å². The smallest absolute Gasteiger partial charge is 0.243 e. The number of hydrogen-bond donors (Lipinski definition) is 2. The van der Waals surface area contributed by atoms with E-state index in [9.17, 15) is 4.79 Å². The van der Waals surface area contributed by atoms with E-state index >= 15 is 0 Å². The molecule has 0 spiro atoms. The van der Waals surface area contributed by atoms with Crippen molar-refractivity contribution in [1.82, 2.24) is 15.3 Å². The van der Waals surface area contributed by atoms with Crippen LogP contribution in [0, 0.1) is 0 Å². The maximum absolute atomic E-state index is 11.7. The summed E-state index contributed by atoms with van der Waals surface area (Å²) in [6.07, 6.45) is 4.92. The summed E-state index contributed by atoms with van der Waals surface area (Å²) in [6.45, 7) is 4.82. The molecule has 2 atom stereocenters. The van der Waals surface area contributed by atoms with E-state index in [0.717, 1.165) is 17.0 Å². The predicted molar refractivity (Wildman–Crippen MR) is 133 cm³/mol. The van der Waals surface area contributed by atoms with Crippen LogP contribution in [0.5, 0.6) is 11.5 Å². The van der Waals surface area contributed by atoms with Gasteiger partial charge in [0.2, 0.25) is 11.9 Å². The molecule has 2 aromatic rings. The Balaban J connectivity index is 1.63. The molecule has 0 bridgehead atoms. The highest BCUT2D eigenvalue weighted by Gasteiger charge is 2.30. The van der Waals surface area contributed by atoms with Crippen molar-refractivity contribution >= 4 is 52.5 Å². The molecule has 9 nitrogen and oxygen atoms in total. The molecule has 4 rings (SSSR count). The van der Waals surface area contributed by atoms with Crippen LogP contribution in [0.15, 0.2) is 24.9 Å². The number of nitrogens with zero attached hydrogens (tertiary/aromatic N) is 3. The van der Waals surface area contributed by atoms with Crippen LogP contribution in [-0.2, 0) is 9.53 Å². The predicted octanol–water partition coefficient (Wildman–Crippen LogP) is 3.27. The molecular formula is C23H25Cl2N5O4. The van der Waals surface area contributed by atoms with Crippen LogP contribution in [0.4, 0.5) is 11.8 Å². The molecule has 180 valence electrons. The Labute approximate surface area is 207 Å². The number of anilines is 2. The summed E-state index contributed by atoms with van der Waals surface area (Å²) in [7, 11) is 5.01. The van der Waals surface area contributed by atoms with Gasteiger partial charge in [-0.3, -0.25) is 4.79 Å². The average Bonchev–Trinajstić information content (AvgIpc) is 3.26. The molecule has 1 aromatic carbocycles. The van der Waals surface area contributed by atoms with Gasteiger partial charge < -0.3 is 29.7 Å². The van der Waals surface area contributed by atoms with Crippen LogP contribution in [0.3, 0.4) is 0 Å². The molecule has 0 radical (unpaired) electrons. The standard InChI is InChI=1S/C23H25Cl2N5O4/c1-5-18(31)27-14-10-34-11-15(14)28-23-26-8-12-6-13(9-30(2)22(12)29-23)19-20(24)16(32-3)7-17(33-4)21(19)25/h5-8,14-15H,1,9-11H2,2-4H3,(H,27,31)(H,26,28,29)/t14-,15+/m1/s1. The molecule has 0 aliphatic carbocycles. The Morgan fingerprint density at radius 2 is 1.91 bits per heavy atom. The van der Waals surface area contributed by atoms with Crippen molar-refractivity contribution < 1.29 is 19.0 Å². The lowest BCUT2D eigenvalue weighted by molar-refractivity contribution is -0.117. The first kappa shape index (κ1) is 24.1. The van der Waals surface area contributed by atoms with Crippen molar-refractivity contribution in [2.45, 2.75) is 12.1 Å². The number of amides is 1. The van der Waals surface area contributed by atoms with Crippen LogP contribution >= 0.6 is 23.2 Å². The molecular weight excluding hydrogens is 481 g/mol. The van der Waals surface area contributed by atoms with E-state index in [1.807, 2.05) is 18.0 Å². The maximum Gasteiger partial charge on any atom is 0.243 e. The van der Waals surface area contributed by atoms with Crippen LogP contribution < -0.4 is 25.0 Å². The number of ether oxygens (including phenoxy) is 3. The number of benzene rings is 1. The average molecular weight is 506 g/mol. The van der Waals surface area contributed by atoms with Gasteiger partial charge in [0.25, 0.3) is 0 Å². The molecule has 2 N–H and O–H groups in total. The van der Waals surface area contributed by atoms with Crippen LogP contribution in [0.25, 0.3) is 11.6 Å². The largest absolute Gasteiger partial charge is 0.495 e. The Morgan fingerprint density at radius 1 is 1.24 bits per heavy atom. The lowest BCUT2D eigenvalue weighted by Gasteiger charge is -2.28. The number of carbonyl (C=O) groups is 1. The molecule has 2 aliphatic rings. The lowest BCUT2D eigenvalue weighted by atomic mass is 9.99. The van der Waals surface area contributed by atoms with Crippen molar-refractivity contribution in [2.24, 2.45) is 0 Å². The molecule has 3 heterocycles. The lowest BCUT2D eigenvalue weighted by Crippen LogP contribution is -2.45. The highest BCUT2D eigenvalue weighted by molar-refractivity contribution is 6.39. The minimum atomic E-state index is -0.252. The van der Waals surface area contributed by atoms with Gasteiger partial charge in [-0.25, -0.2) is 4.98 Å². The summed E-state index contributed by atoms with van der Waals surface area (Å²) < 4.78 is 16.3. The highest BCUT2D eigenvalue weighted by atomic mass is 35.5. The molecule has 1 aromatic heterocycles. The highest BCUT2D eigenvalue weighted by Crippen LogP contribution is 2.45. The van der Waals surface area contributed by atoms with Gasteiger partial charge in [-0.1, -0.05) is 29.8 Å². The topological polar surface area (TPSA) is 97.8 Å². The van der Waals surface area contributed by atoms with E-state index in [0.29, 0.717) is 52.8 Å². The fraction of sp³-hybridized carbons (Fsp3) is 0.348. The number of hydrogen-bond acceptors (Lipinski definition) is 8. The Bertz CT molecular complexity index is 1130. The number of rotatable bonds is 7. The fourth-order valence-corrected chi connectivity index (χ4v) is 4.73. The van der Waals surface area contributed by atoms with E-state index < -0.39 is 0 Å². The summed E-state index contributed by atoms with van der Waals surface area (Å²) in [5, 5.41) is 6.93. The molecule has 1 amide bonds. The van der Waals surface area contributed by atoms with Crippen molar-refractivity contribution in [3.05, 3.63) is 46.1 Å². The molecule has 2 aliphatic heterocycles. The van der Waals surface area contributed by atoms with Gasteiger partial charge in [0.1, 0.15) is 17.3 Å². The summed E-state index contributed by atoms with van der Waals surface area (Å²) >= 11 is 13.2. The van der Waals surface area contributed by atoms with Crippen LogP contribution in [0.2, 0.25) is 10.0 Å². The van der Waals surface area contributed by atoms with Gasteiger partial charge in [-0.2, -0.15) is 4.98 Å².